The van der Waals surface area contributed by atoms with Crippen molar-refractivity contribution in [2.75, 3.05) is 7.05 Å². The molecule has 0 aliphatic heterocycles. The second-order valence-electron chi connectivity index (χ2n) is 4.84. The molecule has 3 N–H and O–H groups in total. The molecular weight excluding hydrogens is 246 g/mol. The Kier molecular flexibility index (Phi) is 5.78. The maximum Gasteiger partial charge on any atom is 0.238 e. The zero-order valence-electron chi connectivity index (χ0n) is 11.5. The van der Waals surface area contributed by atoms with Gasteiger partial charge in [0.1, 0.15) is 0 Å². The van der Waals surface area contributed by atoms with E-state index in [1.54, 1.807) is 11.3 Å². The number of carbonyl (C=O) groups is 1. The van der Waals surface area contributed by atoms with Crippen molar-refractivity contribution in [3.63, 3.8) is 0 Å². The molecule has 5 heteroatoms. The average Bonchev–Trinajstić information content (AvgIpc) is 2.87. The normalized spacial score (nSPS) is 16.3. The van der Waals surface area contributed by atoms with Crippen LogP contribution in [0.4, 0.5) is 0 Å². The molecule has 1 aromatic heterocycles. The first-order valence-corrected chi connectivity index (χ1v) is 7.10. The lowest BCUT2D eigenvalue weighted by molar-refractivity contribution is -0.126. The molecule has 0 aliphatic rings. The Bertz CT molecular complexity index is 366. The third-order valence-corrected chi connectivity index (χ3v) is 4.59. The molecule has 0 radical (unpaired) electrons. The number of carbonyl (C=O) groups excluding carboxylic acids is 1. The van der Waals surface area contributed by atoms with Gasteiger partial charge in [-0.3, -0.25) is 15.1 Å². The summed E-state index contributed by atoms with van der Waals surface area (Å²) in [5, 5.41) is 2.09. The van der Waals surface area contributed by atoms with Crippen LogP contribution in [0, 0.1) is 5.92 Å². The van der Waals surface area contributed by atoms with Gasteiger partial charge in [-0.1, -0.05) is 13.0 Å². The van der Waals surface area contributed by atoms with E-state index in [2.05, 4.69) is 48.7 Å². The molecule has 0 spiro atoms. The number of nitrogens with one attached hydrogen (secondary N) is 1. The highest BCUT2D eigenvalue weighted by atomic mass is 32.1. The predicted molar refractivity (Wildman–Crippen MR) is 76.2 cm³/mol. The standard InChI is InChI=1S/C13H23N3OS/c1-9(8-12-6-5-7-18-12)16(4)11(3)10(2)13(17)15-14/h5-7,9-11H,8,14H2,1-4H3,(H,15,17). The van der Waals surface area contributed by atoms with Crippen LogP contribution < -0.4 is 11.3 Å². The molecule has 0 bridgehead atoms. The van der Waals surface area contributed by atoms with Gasteiger partial charge >= 0.3 is 0 Å². The number of nitrogens with zero attached hydrogens (tertiary/aromatic N) is 1. The first-order chi connectivity index (χ1) is 8.47. The highest BCUT2D eigenvalue weighted by molar-refractivity contribution is 7.09. The van der Waals surface area contributed by atoms with Crippen LogP contribution in [0.1, 0.15) is 25.6 Å². The Labute approximate surface area is 113 Å². The number of hydrazine groups is 1. The maximum absolute atomic E-state index is 11.5. The van der Waals surface area contributed by atoms with Crippen LogP contribution >= 0.6 is 11.3 Å². The lowest BCUT2D eigenvalue weighted by atomic mass is 9.99. The Balaban J connectivity index is 2.57. The summed E-state index contributed by atoms with van der Waals surface area (Å²) in [5.41, 5.74) is 2.22. The van der Waals surface area contributed by atoms with Crippen molar-refractivity contribution in [1.82, 2.24) is 10.3 Å². The molecule has 18 heavy (non-hydrogen) atoms. The van der Waals surface area contributed by atoms with Gasteiger partial charge in [0.05, 0.1) is 5.92 Å². The molecule has 4 nitrogen and oxygen atoms in total. The fourth-order valence-electron chi connectivity index (χ4n) is 1.97. The molecule has 0 aromatic carbocycles. The number of hydrogen-bond donors (Lipinski definition) is 2. The summed E-state index contributed by atoms with van der Waals surface area (Å²) in [6, 6.07) is 4.77. The summed E-state index contributed by atoms with van der Waals surface area (Å²) in [6.45, 7) is 6.15. The van der Waals surface area contributed by atoms with Gasteiger partial charge in [-0.25, -0.2) is 5.84 Å². The quantitative estimate of drug-likeness (QED) is 0.469. The van der Waals surface area contributed by atoms with Crippen molar-refractivity contribution in [3.05, 3.63) is 22.4 Å². The lowest BCUT2D eigenvalue weighted by Gasteiger charge is -2.33. The van der Waals surface area contributed by atoms with Crippen LogP contribution in [-0.2, 0) is 11.2 Å². The van der Waals surface area contributed by atoms with Crippen LogP contribution in [0.5, 0.6) is 0 Å². The summed E-state index contributed by atoms with van der Waals surface area (Å²) in [6.07, 6.45) is 1.01. The second kappa shape index (κ2) is 6.87. The maximum atomic E-state index is 11.5. The molecule has 1 amide bonds. The highest BCUT2D eigenvalue weighted by Gasteiger charge is 2.25. The molecule has 0 aliphatic carbocycles. The molecule has 1 heterocycles. The SMILES string of the molecule is CC(C(=O)NN)C(C)N(C)C(C)Cc1cccs1. The largest absolute Gasteiger partial charge is 0.300 e. The van der Waals surface area contributed by atoms with Crippen LogP contribution in [-0.4, -0.2) is 29.9 Å². The van der Waals surface area contributed by atoms with Gasteiger partial charge in [0.15, 0.2) is 0 Å². The van der Waals surface area contributed by atoms with Crippen molar-refractivity contribution >= 4 is 17.2 Å². The molecular formula is C13H23N3OS. The van der Waals surface area contributed by atoms with Crippen LogP contribution in [0.3, 0.4) is 0 Å². The molecule has 3 atom stereocenters. The van der Waals surface area contributed by atoms with E-state index in [1.807, 2.05) is 6.92 Å². The van der Waals surface area contributed by atoms with Crippen LogP contribution in [0.15, 0.2) is 17.5 Å². The molecule has 0 saturated heterocycles. The minimum Gasteiger partial charge on any atom is -0.300 e. The van der Waals surface area contributed by atoms with Crippen LogP contribution in [0.2, 0.25) is 0 Å². The average molecular weight is 269 g/mol. The van der Waals surface area contributed by atoms with Gasteiger partial charge in [0, 0.05) is 17.0 Å². The number of rotatable bonds is 6. The van der Waals surface area contributed by atoms with Gasteiger partial charge in [-0.05, 0) is 38.8 Å². The smallest absolute Gasteiger partial charge is 0.238 e. The molecule has 0 fully saturated rings. The van der Waals surface area contributed by atoms with E-state index in [0.29, 0.717) is 6.04 Å². The van der Waals surface area contributed by atoms with Crippen molar-refractivity contribution < 1.29 is 4.79 Å². The van der Waals surface area contributed by atoms with E-state index in [-0.39, 0.29) is 17.9 Å². The minimum absolute atomic E-state index is 0.113. The second-order valence-corrected chi connectivity index (χ2v) is 5.87. The third-order valence-electron chi connectivity index (χ3n) is 3.69. The van der Waals surface area contributed by atoms with E-state index in [4.69, 9.17) is 5.84 Å². The molecule has 0 saturated carbocycles. The van der Waals surface area contributed by atoms with Gasteiger partial charge in [-0.2, -0.15) is 0 Å². The van der Waals surface area contributed by atoms with Crippen molar-refractivity contribution in [3.8, 4) is 0 Å². The summed E-state index contributed by atoms with van der Waals surface area (Å²) in [4.78, 5) is 15.1. The summed E-state index contributed by atoms with van der Waals surface area (Å²) < 4.78 is 0. The molecule has 1 rings (SSSR count). The molecule has 1 aromatic rings. The van der Waals surface area contributed by atoms with E-state index >= 15 is 0 Å². The van der Waals surface area contributed by atoms with Gasteiger partial charge in [0.25, 0.3) is 0 Å². The Hall–Kier alpha value is -0.910. The highest BCUT2D eigenvalue weighted by Crippen LogP contribution is 2.17. The number of likely N-dealkylation sites (N-methyl/N-ethyl adjacent to an activating group) is 1. The van der Waals surface area contributed by atoms with E-state index in [9.17, 15) is 4.79 Å². The van der Waals surface area contributed by atoms with Gasteiger partial charge < -0.3 is 0 Å². The molecule has 102 valence electrons. The zero-order valence-corrected chi connectivity index (χ0v) is 12.3. The van der Waals surface area contributed by atoms with Crippen molar-refractivity contribution in [2.24, 2.45) is 11.8 Å². The summed E-state index contributed by atoms with van der Waals surface area (Å²) in [7, 11) is 2.06. The first kappa shape index (κ1) is 15.1. The third kappa shape index (κ3) is 3.80. The first-order valence-electron chi connectivity index (χ1n) is 6.22. The van der Waals surface area contributed by atoms with Crippen molar-refractivity contribution in [2.45, 2.75) is 39.3 Å². The van der Waals surface area contributed by atoms with E-state index in [0.717, 1.165) is 6.42 Å². The van der Waals surface area contributed by atoms with Crippen molar-refractivity contribution in [1.29, 1.82) is 0 Å². The Morgan fingerprint density at radius 1 is 1.50 bits per heavy atom. The monoisotopic (exact) mass is 269 g/mol. The Morgan fingerprint density at radius 2 is 2.17 bits per heavy atom. The van der Waals surface area contributed by atoms with E-state index < -0.39 is 0 Å². The van der Waals surface area contributed by atoms with Gasteiger partial charge in [-0.15, -0.1) is 11.3 Å². The van der Waals surface area contributed by atoms with Gasteiger partial charge in [0.2, 0.25) is 5.91 Å². The Morgan fingerprint density at radius 3 is 2.67 bits per heavy atom. The number of amides is 1. The fraction of sp³-hybridized carbons (Fsp3) is 0.615. The summed E-state index contributed by atoms with van der Waals surface area (Å²) in [5.74, 6) is 4.95. The molecule has 3 unspecified atom stereocenters. The number of hydrogen-bond acceptors (Lipinski definition) is 4. The van der Waals surface area contributed by atoms with E-state index in [1.165, 1.54) is 4.88 Å². The zero-order chi connectivity index (χ0) is 13.7. The topological polar surface area (TPSA) is 58.4 Å². The number of nitrogens with two attached hydrogens (primary N) is 1. The number of thiophene rings is 1. The summed E-state index contributed by atoms with van der Waals surface area (Å²) >= 11 is 1.77. The fourth-order valence-corrected chi connectivity index (χ4v) is 2.79. The lowest BCUT2D eigenvalue weighted by Crippen LogP contribution is -2.47. The van der Waals surface area contributed by atoms with Crippen LogP contribution in [0.25, 0.3) is 0 Å². The predicted octanol–water partition coefficient (Wildman–Crippen LogP) is 1.63. The minimum atomic E-state index is -0.120.